The molecule has 4 nitrogen and oxygen atoms in total. The molecule has 1 aliphatic rings. The number of hydrogen-bond acceptors (Lipinski definition) is 3. The first kappa shape index (κ1) is 23.3. The Morgan fingerprint density at radius 3 is 2.58 bits per heavy atom. The summed E-state index contributed by atoms with van der Waals surface area (Å²) in [4.78, 5) is 13.4. The van der Waals surface area contributed by atoms with E-state index in [2.05, 4.69) is 0 Å². The predicted molar refractivity (Wildman–Crippen MR) is 107 cm³/mol. The van der Waals surface area contributed by atoms with Crippen molar-refractivity contribution in [3.63, 3.8) is 0 Å². The molecule has 0 aliphatic carbocycles. The van der Waals surface area contributed by atoms with Crippen LogP contribution in [0.25, 0.3) is 0 Å². The van der Waals surface area contributed by atoms with Gasteiger partial charge in [0.1, 0.15) is 18.1 Å². The van der Waals surface area contributed by atoms with Crippen LogP contribution in [0, 0.1) is 18.6 Å². The highest BCUT2D eigenvalue weighted by molar-refractivity contribution is 6.30. The Bertz CT molecular complexity index is 924. The normalized spacial score (nSPS) is 17.4. The van der Waals surface area contributed by atoms with Gasteiger partial charge in [0.15, 0.2) is 0 Å². The number of carbonyl (C=O) groups excluding carboxylic acids is 1. The number of amides is 1. The summed E-state index contributed by atoms with van der Waals surface area (Å²) in [6.07, 6.45) is -6.26. The summed E-state index contributed by atoms with van der Waals surface area (Å²) in [5.74, 6) is -2.63. The van der Waals surface area contributed by atoms with Gasteiger partial charge in [-0.3, -0.25) is 4.79 Å². The van der Waals surface area contributed by atoms with Crippen molar-refractivity contribution in [1.29, 1.82) is 0 Å². The highest BCUT2D eigenvalue weighted by Crippen LogP contribution is 2.31. The number of alkyl halides is 3. The maximum atomic E-state index is 14.6. The first-order valence-electron chi connectivity index (χ1n) is 9.51. The molecule has 1 aliphatic heterocycles. The molecule has 0 spiro atoms. The molecule has 0 unspecified atom stereocenters. The van der Waals surface area contributed by atoms with Crippen molar-refractivity contribution in [2.75, 3.05) is 29.9 Å². The average Bonchev–Trinajstić information content (AvgIpc) is 2.88. The van der Waals surface area contributed by atoms with Crippen molar-refractivity contribution in [2.24, 2.45) is 0 Å². The van der Waals surface area contributed by atoms with E-state index >= 15 is 0 Å². The molecule has 1 saturated heterocycles. The van der Waals surface area contributed by atoms with Crippen molar-refractivity contribution >= 4 is 28.9 Å². The number of hydrogen-bond donors (Lipinski definition) is 1. The number of carbonyl (C=O) groups is 1. The average molecular weight is 463 g/mol. The fourth-order valence-corrected chi connectivity index (χ4v) is 3.72. The van der Waals surface area contributed by atoms with Crippen molar-refractivity contribution in [3.05, 3.63) is 58.1 Å². The molecule has 1 amide bonds. The number of rotatable bonds is 4. The van der Waals surface area contributed by atoms with Gasteiger partial charge in [-0.25, -0.2) is 8.78 Å². The summed E-state index contributed by atoms with van der Waals surface area (Å²) in [5.41, 5.74) is 1.13. The Kier molecular flexibility index (Phi) is 7.06. The van der Waals surface area contributed by atoms with Crippen LogP contribution >= 0.6 is 11.6 Å². The topological polar surface area (TPSA) is 41.6 Å². The quantitative estimate of drug-likeness (QED) is 0.585. The molecule has 0 bridgehead atoms. The zero-order valence-corrected chi connectivity index (χ0v) is 17.3. The van der Waals surface area contributed by atoms with Crippen molar-refractivity contribution in [3.8, 4) is 0 Å². The second kappa shape index (κ2) is 9.40. The highest BCUT2D eigenvalue weighted by Gasteiger charge is 2.31. The van der Waals surface area contributed by atoms with E-state index < -0.39 is 30.1 Å². The predicted octanol–water partition coefficient (Wildman–Crippen LogP) is 5.79. The second-order valence-corrected chi connectivity index (χ2v) is 7.73. The molecule has 3 rings (SSSR count). The van der Waals surface area contributed by atoms with Gasteiger partial charge in [0, 0.05) is 23.8 Å². The number of nitrogens with one attached hydrogen (secondary N) is 1. The van der Waals surface area contributed by atoms with E-state index in [1.807, 2.05) is 10.2 Å². The van der Waals surface area contributed by atoms with E-state index in [-0.39, 0.29) is 16.8 Å². The molecule has 1 fully saturated rings. The molecule has 0 radical (unpaired) electrons. The van der Waals surface area contributed by atoms with Crippen LogP contribution in [0.15, 0.2) is 30.3 Å². The molecule has 0 aromatic heterocycles. The number of benzene rings is 2. The summed E-state index contributed by atoms with van der Waals surface area (Å²) in [5, 5.41) is 2.26. The molecule has 1 N–H and O–H groups in total. The van der Waals surface area contributed by atoms with Gasteiger partial charge in [-0.2, -0.15) is 13.2 Å². The number of halogens is 6. The second-order valence-electron chi connectivity index (χ2n) is 7.30. The van der Waals surface area contributed by atoms with E-state index in [4.69, 9.17) is 16.3 Å². The van der Waals surface area contributed by atoms with Crippen LogP contribution in [0.4, 0.5) is 33.3 Å². The molecule has 168 valence electrons. The zero-order chi connectivity index (χ0) is 22.8. The van der Waals surface area contributed by atoms with E-state index in [1.54, 1.807) is 12.1 Å². The van der Waals surface area contributed by atoms with E-state index in [0.717, 1.165) is 6.07 Å². The Balaban J connectivity index is 1.72. The fourth-order valence-electron chi connectivity index (χ4n) is 3.49. The Labute approximate surface area is 180 Å². The van der Waals surface area contributed by atoms with Crippen LogP contribution in [-0.4, -0.2) is 31.8 Å². The highest BCUT2D eigenvalue weighted by atomic mass is 35.5. The lowest BCUT2D eigenvalue weighted by atomic mass is 10.1. The van der Waals surface area contributed by atoms with Gasteiger partial charge in [0.05, 0.1) is 18.4 Å². The van der Waals surface area contributed by atoms with Crippen LogP contribution in [0.3, 0.4) is 0 Å². The number of aryl methyl sites for hydroxylation is 1. The molecule has 1 atom stereocenters. The first-order valence-corrected chi connectivity index (χ1v) is 9.89. The van der Waals surface area contributed by atoms with Gasteiger partial charge in [-0.1, -0.05) is 11.6 Å². The van der Waals surface area contributed by atoms with Crippen LogP contribution in [-0.2, 0) is 9.53 Å². The third kappa shape index (κ3) is 6.30. The van der Waals surface area contributed by atoms with Gasteiger partial charge in [0.2, 0.25) is 5.91 Å². The van der Waals surface area contributed by atoms with Crippen LogP contribution in [0.1, 0.15) is 30.1 Å². The minimum atomic E-state index is -4.68. The SMILES string of the molecule is Cc1cc(N2CCO[C@H](c3cc(F)cc(Cl)c3)CC2)cc(F)c1NC(=O)CC(F)(F)F. The molecule has 31 heavy (non-hydrogen) atoms. The van der Waals surface area contributed by atoms with Crippen molar-refractivity contribution in [1.82, 2.24) is 0 Å². The molecule has 2 aromatic carbocycles. The summed E-state index contributed by atoms with van der Waals surface area (Å²) in [6, 6.07) is 6.94. The first-order chi connectivity index (χ1) is 14.5. The minimum Gasteiger partial charge on any atom is -0.372 e. The third-order valence-electron chi connectivity index (χ3n) is 4.86. The lowest BCUT2D eigenvalue weighted by Gasteiger charge is -2.24. The lowest BCUT2D eigenvalue weighted by Crippen LogP contribution is -2.26. The Morgan fingerprint density at radius 2 is 1.94 bits per heavy atom. The van der Waals surface area contributed by atoms with Crippen LogP contribution in [0.5, 0.6) is 0 Å². The summed E-state index contributed by atoms with van der Waals surface area (Å²) in [6.45, 7) is 2.70. The standard InChI is InChI=1S/C21H20ClF5N2O2/c1-12-6-16(10-17(24)20(12)28-19(30)11-21(25,26)27)29-3-2-18(31-5-4-29)13-7-14(22)9-15(23)8-13/h6-10,18H,2-5,11H2,1H3,(H,28,30)/t18-/m0/s1. The van der Waals surface area contributed by atoms with Crippen LogP contribution < -0.4 is 10.2 Å². The molecule has 2 aromatic rings. The number of nitrogens with zero attached hydrogens (tertiary/aromatic N) is 1. The summed E-state index contributed by atoms with van der Waals surface area (Å²) < 4.78 is 71.1. The maximum Gasteiger partial charge on any atom is 0.397 e. The Morgan fingerprint density at radius 1 is 1.19 bits per heavy atom. The molecular weight excluding hydrogens is 443 g/mol. The van der Waals surface area contributed by atoms with Gasteiger partial charge in [0.25, 0.3) is 0 Å². The van der Waals surface area contributed by atoms with Gasteiger partial charge in [-0.05, 0) is 54.8 Å². The number of anilines is 2. The lowest BCUT2D eigenvalue weighted by molar-refractivity contribution is -0.150. The van der Waals surface area contributed by atoms with Crippen LogP contribution in [0.2, 0.25) is 5.02 Å². The van der Waals surface area contributed by atoms with E-state index in [9.17, 15) is 26.7 Å². The minimum absolute atomic E-state index is 0.264. The fraction of sp³-hybridized carbons (Fsp3) is 0.381. The summed E-state index contributed by atoms with van der Waals surface area (Å²) >= 11 is 5.92. The van der Waals surface area contributed by atoms with Gasteiger partial charge < -0.3 is 15.0 Å². The van der Waals surface area contributed by atoms with Gasteiger partial charge in [-0.15, -0.1) is 0 Å². The molecule has 0 saturated carbocycles. The smallest absolute Gasteiger partial charge is 0.372 e. The zero-order valence-electron chi connectivity index (χ0n) is 16.5. The summed E-state index contributed by atoms with van der Waals surface area (Å²) in [7, 11) is 0. The largest absolute Gasteiger partial charge is 0.397 e. The maximum absolute atomic E-state index is 14.6. The molecule has 10 heteroatoms. The number of ether oxygens (including phenoxy) is 1. The molecular formula is C21H20ClF5N2O2. The van der Waals surface area contributed by atoms with Crippen molar-refractivity contribution in [2.45, 2.75) is 32.0 Å². The van der Waals surface area contributed by atoms with E-state index in [0.29, 0.717) is 42.9 Å². The molecule has 1 heterocycles. The van der Waals surface area contributed by atoms with Gasteiger partial charge >= 0.3 is 6.18 Å². The third-order valence-corrected chi connectivity index (χ3v) is 5.08. The van der Waals surface area contributed by atoms with Crippen molar-refractivity contribution < 1.29 is 31.5 Å². The monoisotopic (exact) mass is 462 g/mol. The van der Waals surface area contributed by atoms with E-state index in [1.165, 1.54) is 19.1 Å². The Hall–Kier alpha value is -2.39.